The largest absolute Gasteiger partial charge is 0.334 e. The summed E-state index contributed by atoms with van der Waals surface area (Å²) in [6, 6.07) is 5.23. The van der Waals surface area contributed by atoms with Gasteiger partial charge in [0.25, 0.3) is 0 Å². The molecule has 132 valence electrons. The first-order chi connectivity index (χ1) is 11.8. The fraction of sp³-hybridized carbons (Fsp3) is 0.368. The average molecular weight is 378 g/mol. The molecule has 2 aromatic rings. The number of rotatable bonds is 2. The van der Waals surface area contributed by atoms with Crippen molar-refractivity contribution < 1.29 is 4.79 Å². The van der Waals surface area contributed by atoms with Crippen LogP contribution in [-0.4, -0.2) is 27.1 Å². The van der Waals surface area contributed by atoms with Crippen molar-refractivity contribution in [2.45, 2.75) is 39.3 Å². The smallest absolute Gasteiger partial charge is 0.246 e. The maximum atomic E-state index is 12.5. The zero-order valence-corrected chi connectivity index (χ0v) is 16.1. The van der Waals surface area contributed by atoms with Gasteiger partial charge in [-0.15, -0.1) is 0 Å². The number of aromatic nitrogens is 2. The number of carbonyl (C=O) groups is 1. The van der Waals surface area contributed by atoms with Crippen molar-refractivity contribution in [3.63, 3.8) is 0 Å². The van der Waals surface area contributed by atoms with E-state index in [9.17, 15) is 4.79 Å². The van der Waals surface area contributed by atoms with E-state index in [0.29, 0.717) is 23.1 Å². The van der Waals surface area contributed by atoms with E-state index in [-0.39, 0.29) is 11.4 Å². The summed E-state index contributed by atoms with van der Waals surface area (Å²) in [7, 11) is 0. The lowest BCUT2D eigenvalue weighted by Crippen LogP contribution is -2.36. The van der Waals surface area contributed by atoms with Gasteiger partial charge in [-0.1, -0.05) is 29.3 Å². The first-order valence-electron chi connectivity index (χ1n) is 8.24. The number of hydrogen-bond donors (Lipinski definition) is 0. The van der Waals surface area contributed by atoms with Gasteiger partial charge in [0.2, 0.25) is 5.91 Å². The molecule has 0 spiro atoms. The minimum atomic E-state index is -0.0506. The van der Waals surface area contributed by atoms with Crippen molar-refractivity contribution in [3.05, 3.63) is 57.3 Å². The molecular weight excluding hydrogens is 357 g/mol. The molecule has 0 N–H and O–H groups in total. The van der Waals surface area contributed by atoms with Crippen molar-refractivity contribution in [2.75, 3.05) is 6.54 Å². The molecule has 3 rings (SSSR count). The summed E-state index contributed by atoms with van der Waals surface area (Å²) < 4.78 is 2.06. The second-order valence-electron chi connectivity index (χ2n) is 7.21. The molecule has 4 nitrogen and oxygen atoms in total. The third-order valence-electron chi connectivity index (χ3n) is 4.25. The molecule has 0 radical (unpaired) electrons. The molecule has 0 saturated heterocycles. The second-order valence-corrected chi connectivity index (χ2v) is 8.05. The number of fused-ring (bicyclic) bond motifs is 1. The van der Waals surface area contributed by atoms with Crippen LogP contribution in [0.2, 0.25) is 10.0 Å². The summed E-state index contributed by atoms with van der Waals surface area (Å²) in [4.78, 5) is 14.3. The number of nitrogens with zero attached hydrogens (tertiary/aromatic N) is 3. The van der Waals surface area contributed by atoms with Gasteiger partial charge in [0.15, 0.2) is 0 Å². The normalized spacial score (nSPS) is 14.8. The number of hydrogen-bond acceptors (Lipinski definition) is 2. The van der Waals surface area contributed by atoms with E-state index in [1.807, 2.05) is 11.1 Å². The quantitative estimate of drug-likeness (QED) is 0.720. The monoisotopic (exact) mass is 377 g/mol. The van der Waals surface area contributed by atoms with Gasteiger partial charge in [0.05, 0.1) is 11.7 Å². The van der Waals surface area contributed by atoms with Gasteiger partial charge in [-0.3, -0.25) is 9.48 Å². The molecule has 25 heavy (non-hydrogen) atoms. The highest BCUT2D eigenvalue weighted by Crippen LogP contribution is 2.25. The van der Waals surface area contributed by atoms with Gasteiger partial charge in [0.1, 0.15) is 0 Å². The Hall–Kier alpha value is -1.78. The maximum Gasteiger partial charge on any atom is 0.246 e. The standard InChI is InChI=1S/C19H21Cl2N3O/c1-19(2,3)24-17-8-9-23(12-14(17)11-22-24)18(25)7-5-13-4-6-15(20)10-16(13)21/h4-7,10-11H,8-9,12H2,1-3H3/b7-5+. The molecule has 1 aliphatic rings. The Morgan fingerprint density at radius 3 is 2.72 bits per heavy atom. The SMILES string of the molecule is CC(C)(C)n1ncc2c1CCN(C(=O)/C=C/c1ccc(Cl)cc1Cl)C2. The van der Waals surface area contributed by atoms with Gasteiger partial charge < -0.3 is 4.90 Å². The Balaban J connectivity index is 1.72. The molecule has 2 heterocycles. The van der Waals surface area contributed by atoms with Crippen LogP contribution in [0.4, 0.5) is 0 Å². The number of carbonyl (C=O) groups excluding carboxylic acids is 1. The van der Waals surface area contributed by atoms with E-state index >= 15 is 0 Å². The van der Waals surface area contributed by atoms with Crippen molar-refractivity contribution in [1.82, 2.24) is 14.7 Å². The topological polar surface area (TPSA) is 38.1 Å². The van der Waals surface area contributed by atoms with Gasteiger partial charge >= 0.3 is 0 Å². The molecule has 0 unspecified atom stereocenters. The highest BCUT2D eigenvalue weighted by molar-refractivity contribution is 6.35. The highest BCUT2D eigenvalue weighted by atomic mass is 35.5. The third-order valence-corrected chi connectivity index (χ3v) is 4.81. The van der Waals surface area contributed by atoms with E-state index < -0.39 is 0 Å². The molecule has 0 aliphatic carbocycles. The first-order valence-corrected chi connectivity index (χ1v) is 8.99. The summed E-state index contributed by atoms with van der Waals surface area (Å²) in [5, 5.41) is 5.62. The van der Waals surface area contributed by atoms with Crippen molar-refractivity contribution >= 4 is 35.2 Å². The third kappa shape index (κ3) is 3.91. The zero-order valence-electron chi connectivity index (χ0n) is 14.6. The number of amides is 1. The summed E-state index contributed by atoms with van der Waals surface area (Å²) >= 11 is 12.0. The van der Waals surface area contributed by atoms with Crippen LogP contribution in [0.1, 0.15) is 37.6 Å². The molecule has 0 fully saturated rings. The Morgan fingerprint density at radius 2 is 2.04 bits per heavy atom. The van der Waals surface area contributed by atoms with E-state index in [1.165, 1.54) is 5.69 Å². The average Bonchev–Trinajstić information content (AvgIpc) is 2.97. The second kappa shape index (κ2) is 6.85. The lowest BCUT2D eigenvalue weighted by atomic mass is 10.0. The predicted octanol–water partition coefficient (Wildman–Crippen LogP) is 4.54. The highest BCUT2D eigenvalue weighted by Gasteiger charge is 2.26. The van der Waals surface area contributed by atoms with E-state index in [1.54, 1.807) is 30.4 Å². The van der Waals surface area contributed by atoms with E-state index in [0.717, 1.165) is 17.5 Å². The summed E-state index contributed by atoms with van der Waals surface area (Å²) in [6.07, 6.45) is 5.98. The van der Waals surface area contributed by atoms with Gasteiger partial charge in [-0.05, 0) is 44.5 Å². The minimum Gasteiger partial charge on any atom is -0.334 e. The number of benzene rings is 1. The van der Waals surface area contributed by atoms with Crippen LogP contribution in [0.15, 0.2) is 30.5 Å². The van der Waals surface area contributed by atoms with Gasteiger partial charge in [0, 0.05) is 46.9 Å². The fourth-order valence-corrected chi connectivity index (χ4v) is 3.47. The van der Waals surface area contributed by atoms with Gasteiger partial charge in [-0.25, -0.2) is 0 Å². The molecule has 0 atom stereocenters. The Bertz CT molecular complexity index is 834. The van der Waals surface area contributed by atoms with Crippen LogP contribution < -0.4 is 0 Å². The Labute approximate surface area is 158 Å². The van der Waals surface area contributed by atoms with E-state index in [2.05, 4.69) is 30.6 Å². The first kappa shape index (κ1) is 18.0. The van der Waals surface area contributed by atoms with Crippen molar-refractivity contribution in [3.8, 4) is 0 Å². The molecule has 1 aliphatic heterocycles. The van der Waals surface area contributed by atoms with Gasteiger partial charge in [-0.2, -0.15) is 5.10 Å². The Morgan fingerprint density at radius 1 is 1.28 bits per heavy atom. The summed E-state index contributed by atoms with van der Waals surface area (Å²) in [5.74, 6) is -0.0276. The van der Waals surface area contributed by atoms with Crippen LogP contribution in [0, 0.1) is 0 Å². The predicted molar refractivity (Wildman–Crippen MR) is 102 cm³/mol. The molecule has 1 aromatic carbocycles. The zero-order chi connectivity index (χ0) is 18.2. The summed E-state index contributed by atoms with van der Waals surface area (Å²) in [5.41, 5.74) is 3.07. The lowest BCUT2D eigenvalue weighted by molar-refractivity contribution is -0.126. The van der Waals surface area contributed by atoms with Crippen LogP contribution in [-0.2, 0) is 23.3 Å². The molecule has 1 aromatic heterocycles. The molecule has 0 saturated carbocycles. The molecule has 1 amide bonds. The van der Waals surface area contributed by atoms with Crippen molar-refractivity contribution in [1.29, 1.82) is 0 Å². The van der Waals surface area contributed by atoms with Crippen LogP contribution >= 0.6 is 23.2 Å². The molecule has 6 heteroatoms. The Kier molecular flexibility index (Phi) is 4.94. The van der Waals surface area contributed by atoms with Crippen LogP contribution in [0.25, 0.3) is 6.08 Å². The molecular formula is C19H21Cl2N3O. The fourth-order valence-electron chi connectivity index (χ4n) is 3.00. The molecule has 0 bridgehead atoms. The van der Waals surface area contributed by atoms with Crippen LogP contribution in [0.5, 0.6) is 0 Å². The maximum absolute atomic E-state index is 12.5. The minimum absolute atomic E-state index is 0.0276. The summed E-state index contributed by atoms with van der Waals surface area (Å²) in [6.45, 7) is 7.68. The lowest BCUT2D eigenvalue weighted by Gasteiger charge is -2.29. The van der Waals surface area contributed by atoms with Crippen molar-refractivity contribution in [2.24, 2.45) is 0 Å². The number of halogens is 2. The van der Waals surface area contributed by atoms with E-state index in [4.69, 9.17) is 23.2 Å². The van der Waals surface area contributed by atoms with Crippen LogP contribution in [0.3, 0.4) is 0 Å².